The van der Waals surface area contributed by atoms with E-state index in [-0.39, 0.29) is 0 Å². The summed E-state index contributed by atoms with van der Waals surface area (Å²) in [7, 11) is 1.86. The van der Waals surface area contributed by atoms with Crippen molar-refractivity contribution in [3.05, 3.63) is 29.7 Å². The number of anilines is 1. The number of pyridine rings is 1. The molecule has 3 rings (SSSR count). The van der Waals surface area contributed by atoms with Crippen molar-refractivity contribution in [2.24, 2.45) is 18.9 Å². The molecule has 0 saturated heterocycles. The van der Waals surface area contributed by atoms with Gasteiger partial charge in [-0.3, -0.25) is 4.68 Å². The highest BCUT2D eigenvalue weighted by atomic mass is 35.5. The molecule has 1 fully saturated rings. The van der Waals surface area contributed by atoms with Crippen molar-refractivity contribution in [2.45, 2.75) is 32.1 Å². The van der Waals surface area contributed by atoms with E-state index >= 15 is 0 Å². The molecule has 130 valence electrons. The lowest BCUT2D eigenvalue weighted by atomic mass is 9.82. The van der Waals surface area contributed by atoms with Crippen molar-refractivity contribution in [2.75, 3.05) is 11.9 Å². The van der Waals surface area contributed by atoms with Crippen LogP contribution in [0.5, 0.6) is 0 Å². The van der Waals surface area contributed by atoms with E-state index < -0.39 is 12.3 Å². The summed E-state index contributed by atoms with van der Waals surface area (Å²) in [6.45, 7) is 0.746. The number of rotatable bonds is 5. The van der Waals surface area contributed by atoms with Crippen LogP contribution in [0.2, 0.25) is 5.15 Å². The normalized spacial score (nSPS) is 21.2. The summed E-state index contributed by atoms with van der Waals surface area (Å²) in [6, 6.07) is 3.71. The van der Waals surface area contributed by atoms with Gasteiger partial charge in [-0.25, -0.2) is 13.8 Å². The Morgan fingerprint density at radius 2 is 2.08 bits per heavy atom. The third kappa shape index (κ3) is 4.04. The maximum absolute atomic E-state index is 12.7. The Morgan fingerprint density at radius 1 is 1.33 bits per heavy atom. The molecule has 0 unspecified atom stereocenters. The van der Waals surface area contributed by atoms with E-state index in [1.807, 2.05) is 19.3 Å². The highest BCUT2D eigenvalue weighted by Crippen LogP contribution is 2.34. The van der Waals surface area contributed by atoms with Crippen LogP contribution in [0.25, 0.3) is 11.3 Å². The Kier molecular flexibility index (Phi) is 5.33. The Morgan fingerprint density at radius 3 is 2.71 bits per heavy atom. The number of aryl methyl sites for hydroxylation is 1. The number of hydrogen-bond acceptors (Lipinski definition) is 3. The van der Waals surface area contributed by atoms with E-state index in [2.05, 4.69) is 15.4 Å². The van der Waals surface area contributed by atoms with Gasteiger partial charge in [-0.15, -0.1) is 0 Å². The standard InChI is InChI=1S/C17H21ClF2N4/c1-24-7-6-14(23-24)13-10-22-16(18)8-15(13)21-9-11-2-4-12(5-3-11)17(19)20/h6-8,10-12,17H,2-5,9H2,1H3,(H,21,22). The van der Waals surface area contributed by atoms with E-state index in [1.165, 1.54) is 0 Å². The van der Waals surface area contributed by atoms with Crippen LogP contribution in [0.15, 0.2) is 24.5 Å². The zero-order valence-corrected chi connectivity index (χ0v) is 14.3. The second-order valence-electron chi connectivity index (χ2n) is 6.42. The molecule has 0 amide bonds. The van der Waals surface area contributed by atoms with Crippen molar-refractivity contribution in [3.8, 4) is 11.3 Å². The minimum Gasteiger partial charge on any atom is -0.384 e. The van der Waals surface area contributed by atoms with Crippen molar-refractivity contribution in [3.63, 3.8) is 0 Å². The Balaban J connectivity index is 1.66. The predicted octanol–water partition coefficient (Wildman–Crippen LogP) is 4.62. The van der Waals surface area contributed by atoms with E-state index in [1.54, 1.807) is 16.9 Å². The molecule has 1 saturated carbocycles. The van der Waals surface area contributed by atoms with Gasteiger partial charge >= 0.3 is 0 Å². The highest BCUT2D eigenvalue weighted by molar-refractivity contribution is 6.29. The fraction of sp³-hybridized carbons (Fsp3) is 0.529. The van der Waals surface area contributed by atoms with Gasteiger partial charge in [0.25, 0.3) is 0 Å². The largest absolute Gasteiger partial charge is 0.384 e. The number of halogens is 3. The summed E-state index contributed by atoms with van der Waals surface area (Å²) in [5, 5.41) is 8.24. The topological polar surface area (TPSA) is 42.7 Å². The molecule has 0 atom stereocenters. The number of nitrogens with one attached hydrogen (secondary N) is 1. The second-order valence-corrected chi connectivity index (χ2v) is 6.81. The minimum absolute atomic E-state index is 0.406. The molecule has 1 N–H and O–H groups in total. The summed E-state index contributed by atoms with van der Waals surface area (Å²) in [5.41, 5.74) is 2.59. The maximum atomic E-state index is 12.7. The van der Waals surface area contributed by atoms with Crippen LogP contribution < -0.4 is 5.32 Å². The first kappa shape index (κ1) is 17.1. The molecule has 2 aromatic rings. The third-order valence-corrected chi connectivity index (χ3v) is 4.90. The molecule has 0 radical (unpaired) electrons. The molecule has 2 aromatic heterocycles. The fourth-order valence-corrected chi connectivity index (χ4v) is 3.40. The van der Waals surface area contributed by atoms with Gasteiger partial charge in [0.05, 0.1) is 5.69 Å². The Hall–Kier alpha value is -1.69. The Bertz CT molecular complexity index is 681. The molecular formula is C17H21ClF2N4. The van der Waals surface area contributed by atoms with Gasteiger partial charge in [0, 0.05) is 43.2 Å². The van der Waals surface area contributed by atoms with Crippen LogP contribution in [0.4, 0.5) is 14.5 Å². The molecule has 7 heteroatoms. The summed E-state index contributed by atoms with van der Waals surface area (Å²) >= 11 is 6.02. The van der Waals surface area contributed by atoms with Gasteiger partial charge in [0.15, 0.2) is 0 Å². The molecule has 0 aromatic carbocycles. The molecule has 1 aliphatic carbocycles. The van der Waals surface area contributed by atoms with Crippen LogP contribution in [0.1, 0.15) is 25.7 Å². The van der Waals surface area contributed by atoms with E-state index in [0.29, 0.717) is 23.9 Å². The second kappa shape index (κ2) is 7.47. The summed E-state index contributed by atoms with van der Waals surface area (Å²) in [6.07, 6.45) is 4.27. The van der Waals surface area contributed by atoms with Crippen LogP contribution in [0.3, 0.4) is 0 Å². The van der Waals surface area contributed by atoms with Crippen molar-refractivity contribution >= 4 is 17.3 Å². The maximum Gasteiger partial charge on any atom is 0.241 e. The molecular weight excluding hydrogens is 334 g/mol. The van der Waals surface area contributed by atoms with Gasteiger partial charge in [-0.05, 0) is 43.7 Å². The fourth-order valence-electron chi connectivity index (χ4n) is 3.24. The van der Waals surface area contributed by atoms with Crippen LogP contribution in [-0.4, -0.2) is 27.7 Å². The molecule has 1 aliphatic rings. The molecule has 24 heavy (non-hydrogen) atoms. The first-order valence-electron chi connectivity index (χ1n) is 8.20. The number of nitrogens with zero attached hydrogens (tertiary/aromatic N) is 3. The quantitative estimate of drug-likeness (QED) is 0.797. The van der Waals surface area contributed by atoms with Gasteiger partial charge in [-0.2, -0.15) is 5.10 Å². The molecule has 4 nitrogen and oxygen atoms in total. The van der Waals surface area contributed by atoms with Crippen molar-refractivity contribution < 1.29 is 8.78 Å². The average molecular weight is 355 g/mol. The SMILES string of the molecule is Cn1ccc(-c2cnc(Cl)cc2NCC2CCC(C(F)F)CC2)n1. The predicted molar refractivity (Wildman–Crippen MR) is 91.4 cm³/mol. The molecule has 0 spiro atoms. The van der Waals surface area contributed by atoms with E-state index in [0.717, 1.165) is 36.3 Å². The zero-order chi connectivity index (χ0) is 17.1. The van der Waals surface area contributed by atoms with Crippen LogP contribution in [-0.2, 0) is 7.05 Å². The minimum atomic E-state index is -2.19. The molecule has 2 heterocycles. The lowest BCUT2D eigenvalue weighted by molar-refractivity contribution is 0.0478. The lowest BCUT2D eigenvalue weighted by Crippen LogP contribution is -2.24. The molecule has 0 aliphatic heterocycles. The van der Waals surface area contributed by atoms with Gasteiger partial charge in [-0.1, -0.05) is 11.6 Å². The third-order valence-electron chi connectivity index (χ3n) is 4.69. The van der Waals surface area contributed by atoms with Gasteiger partial charge in [0.2, 0.25) is 6.43 Å². The van der Waals surface area contributed by atoms with Crippen LogP contribution in [0, 0.1) is 11.8 Å². The van der Waals surface area contributed by atoms with Crippen molar-refractivity contribution in [1.82, 2.24) is 14.8 Å². The number of alkyl halides is 2. The first-order valence-corrected chi connectivity index (χ1v) is 8.58. The smallest absolute Gasteiger partial charge is 0.241 e. The number of hydrogen-bond donors (Lipinski definition) is 1. The van der Waals surface area contributed by atoms with Crippen LogP contribution >= 0.6 is 11.6 Å². The highest BCUT2D eigenvalue weighted by Gasteiger charge is 2.27. The summed E-state index contributed by atoms with van der Waals surface area (Å²) in [4.78, 5) is 4.14. The average Bonchev–Trinajstić information content (AvgIpc) is 2.99. The zero-order valence-electron chi connectivity index (χ0n) is 13.6. The van der Waals surface area contributed by atoms with E-state index in [4.69, 9.17) is 11.6 Å². The summed E-state index contributed by atoms with van der Waals surface area (Å²) in [5.74, 6) is -0.0239. The van der Waals surface area contributed by atoms with E-state index in [9.17, 15) is 8.78 Å². The monoisotopic (exact) mass is 354 g/mol. The van der Waals surface area contributed by atoms with Gasteiger partial charge < -0.3 is 5.32 Å². The lowest BCUT2D eigenvalue weighted by Gasteiger charge is -2.28. The van der Waals surface area contributed by atoms with Gasteiger partial charge in [0.1, 0.15) is 5.15 Å². The molecule has 0 bridgehead atoms. The Labute approximate surface area is 145 Å². The number of aromatic nitrogens is 3. The summed E-state index contributed by atoms with van der Waals surface area (Å²) < 4.78 is 27.2. The van der Waals surface area contributed by atoms with Crippen molar-refractivity contribution in [1.29, 1.82) is 0 Å². The first-order chi connectivity index (χ1) is 11.5.